The molecule has 0 amide bonds. The molecule has 2 heterocycles. The van der Waals surface area contributed by atoms with Crippen molar-refractivity contribution in [1.82, 2.24) is 14.5 Å². The summed E-state index contributed by atoms with van der Waals surface area (Å²) in [6.45, 7) is 0. The maximum atomic E-state index is 12.3. The lowest BCUT2D eigenvalue weighted by Gasteiger charge is -2.17. The van der Waals surface area contributed by atoms with Gasteiger partial charge in [-0.25, -0.2) is 9.97 Å². The molecule has 0 aliphatic rings. The van der Waals surface area contributed by atoms with Gasteiger partial charge in [0.2, 0.25) is 5.95 Å². The number of esters is 2. The number of benzene rings is 1. The third kappa shape index (κ3) is 3.19. The zero-order valence-electron chi connectivity index (χ0n) is 14.3. The van der Waals surface area contributed by atoms with Gasteiger partial charge in [0, 0.05) is 12.4 Å². The Morgan fingerprint density at radius 1 is 0.885 bits per heavy atom. The molecule has 0 aliphatic carbocycles. The van der Waals surface area contributed by atoms with Crippen LogP contribution in [0.5, 0.6) is 0 Å². The molecule has 26 heavy (non-hydrogen) atoms. The Balaban J connectivity index is 2.24. The van der Waals surface area contributed by atoms with Crippen LogP contribution in [0.25, 0.3) is 17.2 Å². The van der Waals surface area contributed by atoms with Crippen LogP contribution in [-0.2, 0) is 19.1 Å². The molecule has 0 saturated carbocycles. The predicted molar refractivity (Wildman–Crippen MR) is 93.6 cm³/mol. The second kappa shape index (κ2) is 7.60. The first-order valence-electron chi connectivity index (χ1n) is 7.87. The monoisotopic (exact) mass is 351 g/mol. The van der Waals surface area contributed by atoms with Crippen LogP contribution < -0.4 is 0 Å². The molecule has 0 spiro atoms. The minimum Gasteiger partial charge on any atom is -0.468 e. The fourth-order valence-corrected chi connectivity index (χ4v) is 2.72. The number of ether oxygens (including phenoxy) is 2. The fraction of sp³-hybridized carbons (Fsp3) is 0.158. The largest absolute Gasteiger partial charge is 0.468 e. The van der Waals surface area contributed by atoms with Crippen LogP contribution in [0.3, 0.4) is 0 Å². The third-order valence-electron chi connectivity index (χ3n) is 3.90. The lowest BCUT2D eigenvalue weighted by Crippen LogP contribution is -2.27. The van der Waals surface area contributed by atoms with E-state index in [0.29, 0.717) is 11.6 Å². The van der Waals surface area contributed by atoms with Gasteiger partial charge in [-0.15, -0.1) is 0 Å². The first-order valence-corrected chi connectivity index (χ1v) is 7.87. The molecule has 7 nitrogen and oxygen atoms in total. The number of methoxy groups -OCH3 is 2. The van der Waals surface area contributed by atoms with Crippen molar-refractivity contribution in [3.63, 3.8) is 0 Å². The average Bonchev–Trinajstić information content (AvgIpc) is 3.13. The number of hydrogen-bond acceptors (Lipinski definition) is 6. The molecule has 0 radical (unpaired) electrons. The summed E-state index contributed by atoms with van der Waals surface area (Å²) >= 11 is 0. The zero-order valence-corrected chi connectivity index (χ0v) is 14.3. The minimum atomic E-state index is -1.24. The summed E-state index contributed by atoms with van der Waals surface area (Å²) in [6.07, 6.45) is 3.18. The van der Waals surface area contributed by atoms with Gasteiger partial charge in [-0.3, -0.25) is 14.2 Å². The van der Waals surface area contributed by atoms with E-state index in [-0.39, 0.29) is 0 Å². The van der Waals surface area contributed by atoms with Gasteiger partial charge in [0.05, 0.1) is 25.6 Å². The van der Waals surface area contributed by atoms with E-state index in [2.05, 4.69) is 9.97 Å². The predicted octanol–water partition coefficient (Wildman–Crippen LogP) is 2.36. The Labute approximate surface area is 150 Å². The molecule has 132 valence electrons. The number of rotatable bonds is 5. The highest BCUT2D eigenvalue weighted by Gasteiger charge is 2.35. The van der Waals surface area contributed by atoms with Gasteiger partial charge in [-0.2, -0.15) is 0 Å². The smallest absolute Gasteiger partial charge is 0.326 e. The van der Waals surface area contributed by atoms with Crippen molar-refractivity contribution < 1.29 is 19.1 Å². The van der Waals surface area contributed by atoms with Gasteiger partial charge < -0.3 is 9.47 Å². The van der Waals surface area contributed by atoms with Crippen molar-refractivity contribution >= 4 is 11.9 Å². The first kappa shape index (κ1) is 17.3. The summed E-state index contributed by atoms with van der Waals surface area (Å²) in [5, 5.41) is 0. The molecule has 1 aromatic carbocycles. The van der Waals surface area contributed by atoms with E-state index in [1.54, 1.807) is 35.2 Å². The highest BCUT2D eigenvalue weighted by Crippen LogP contribution is 2.30. The van der Waals surface area contributed by atoms with Crippen LogP contribution >= 0.6 is 0 Å². The average molecular weight is 351 g/mol. The number of hydrogen-bond donors (Lipinski definition) is 0. The number of carbonyl (C=O) groups excluding carboxylic acids is 2. The maximum Gasteiger partial charge on any atom is 0.326 e. The zero-order chi connectivity index (χ0) is 18.5. The van der Waals surface area contributed by atoms with Crippen LogP contribution in [0.2, 0.25) is 0 Å². The summed E-state index contributed by atoms with van der Waals surface area (Å²) in [5.74, 6) is -2.34. The Morgan fingerprint density at radius 3 is 2.08 bits per heavy atom. The van der Waals surface area contributed by atoms with Gasteiger partial charge in [-0.1, -0.05) is 30.3 Å². The molecule has 0 fully saturated rings. The van der Waals surface area contributed by atoms with E-state index >= 15 is 0 Å². The first-order chi connectivity index (χ1) is 12.7. The van der Waals surface area contributed by atoms with Gasteiger partial charge in [0.25, 0.3) is 0 Å². The van der Waals surface area contributed by atoms with E-state index in [0.717, 1.165) is 11.3 Å². The van der Waals surface area contributed by atoms with Crippen molar-refractivity contribution in [2.24, 2.45) is 0 Å². The number of aromatic nitrogens is 3. The molecule has 3 aromatic rings. The molecule has 0 bridgehead atoms. The van der Waals surface area contributed by atoms with Crippen LogP contribution in [0.1, 0.15) is 11.6 Å². The molecule has 0 unspecified atom stereocenters. The van der Waals surface area contributed by atoms with Crippen molar-refractivity contribution in [3.8, 4) is 17.2 Å². The summed E-state index contributed by atoms with van der Waals surface area (Å²) < 4.78 is 11.3. The molecule has 0 saturated heterocycles. The second-order valence-electron chi connectivity index (χ2n) is 5.37. The van der Waals surface area contributed by atoms with Gasteiger partial charge >= 0.3 is 11.9 Å². The van der Waals surface area contributed by atoms with E-state index in [1.165, 1.54) is 14.2 Å². The molecule has 3 rings (SSSR count). The Kier molecular flexibility index (Phi) is 5.07. The molecular weight excluding hydrogens is 334 g/mol. The van der Waals surface area contributed by atoms with Crippen LogP contribution in [0.15, 0.2) is 60.9 Å². The van der Waals surface area contributed by atoms with Gasteiger partial charge in [0.1, 0.15) is 0 Å². The standard InChI is InChI=1S/C19H17N3O4/c1-25-17(23)16(18(24)26-2)15-10-9-14(13-7-4-3-5-8-13)22(15)19-20-11-6-12-21-19/h3-12,16H,1-2H3. The van der Waals surface area contributed by atoms with Crippen LogP contribution in [0.4, 0.5) is 0 Å². The van der Waals surface area contributed by atoms with Crippen LogP contribution in [0, 0.1) is 0 Å². The van der Waals surface area contributed by atoms with Gasteiger partial charge in [-0.05, 0) is 23.8 Å². The van der Waals surface area contributed by atoms with E-state index < -0.39 is 17.9 Å². The van der Waals surface area contributed by atoms with E-state index in [1.807, 2.05) is 30.3 Å². The van der Waals surface area contributed by atoms with Crippen molar-refractivity contribution in [2.75, 3.05) is 14.2 Å². The topological polar surface area (TPSA) is 83.3 Å². The highest BCUT2D eigenvalue weighted by atomic mass is 16.5. The lowest BCUT2D eigenvalue weighted by molar-refractivity contribution is -0.154. The lowest BCUT2D eigenvalue weighted by atomic mass is 10.1. The summed E-state index contributed by atoms with van der Waals surface area (Å²) in [4.78, 5) is 33.1. The van der Waals surface area contributed by atoms with Crippen molar-refractivity contribution in [1.29, 1.82) is 0 Å². The summed E-state index contributed by atoms with van der Waals surface area (Å²) in [7, 11) is 2.45. The highest BCUT2D eigenvalue weighted by molar-refractivity contribution is 6.00. The molecule has 0 atom stereocenters. The van der Waals surface area contributed by atoms with Crippen molar-refractivity contribution in [2.45, 2.75) is 5.92 Å². The van der Waals surface area contributed by atoms with Crippen LogP contribution in [-0.4, -0.2) is 40.7 Å². The fourth-order valence-electron chi connectivity index (χ4n) is 2.72. The second-order valence-corrected chi connectivity index (χ2v) is 5.37. The SMILES string of the molecule is COC(=O)C(C(=O)OC)c1ccc(-c2ccccc2)n1-c1ncccn1. The maximum absolute atomic E-state index is 12.3. The molecule has 7 heteroatoms. The molecule has 2 aromatic heterocycles. The molecule has 0 N–H and O–H groups in total. The van der Waals surface area contributed by atoms with Crippen molar-refractivity contribution in [3.05, 3.63) is 66.6 Å². The minimum absolute atomic E-state index is 0.337. The molecular formula is C19H17N3O4. The summed E-state index contributed by atoms with van der Waals surface area (Å²) in [6, 6.07) is 14.7. The number of carbonyl (C=O) groups is 2. The number of nitrogens with zero attached hydrogens (tertiary/aromatic N) is 3. The van der Waals surface area contributed by atoms with Gasteiger partial charge in [0.15, 0.2) is 5.92 Å². The normalized spacial score (nSPS) is 10.6. The third-order valence-corrected chi connectivity index (χ3v) is 3.90. The summed E-state index contributed by atoms with van der Waals surface area (Å²) in [5.41, 5.74) is 2.00. The quantitative estimate of drug-likeness (QED) is 0.518. The Morgan fingerprint density at radius 2 is 1.50 bits per heavy atom. The Bertz CT molecular complexity index is 891. The molecule has 0 aliphatic heterocycles. The van der Waals surface area contributed by atoms with E-state index in [4.69, 9.17) is 9.47 Å². The Hall–Kier alpha value is -3.48. The van der Waals surface area contributed by atoms with E-state index in [9.17, 15) is 9.59 Å².